The van der Waals surface area contributed by atoms with Crippen LogP contribution in [-0.4, -0.2) is 11.2 Å². The molecular weight excluding hydrogens is 204 g/mol. The standard InChI is InChI=1S/C13H20OS/c1-8-9-7-12(13(2,3)4)15-11(9)6-5-10(8)14/h7-8,10,14H,5-6H2,1-4H3. The maximum absolute atomic E-state index is 9.84. The number of hydrogen-bond acceptors (Lipinski definition) is 2. The first-order valence-corrected chi connectivity index (χ1v) is 6.52. The average molecular weight is 224 g/mol. The van der Waals surface area contributed by atoms with Crippen LogP contribution in [0.15, 0.2) is 6.07 Å². The third-order valence-electron chi connectivity index (χ3n) is 3.32. The van der Waals surface area contributed by atoms with Crippen molar-refractivity contribution in [2.75, 3.05) is 0 Å². The molecule has 1 nitrogen and oxygen atoms in total. The second-order valence-electron chi connectivity index (χ2n) is 5.63. The van der Waals surface area contributed by atoms with Crippen molar-refractivity contribution in [2.45, 2.75) is 58.0 Å². The van der Waals surface area contributed by atoms with Gasteiger partial charge in [-0.05, 0) is 29.9 Å². The summed E-state index contributed by atoms with van der Waals surface area (Å²) in [6, 6.07) is 2.31. The molecule has 0 aliphatic heterocycles. The second-order valence-corrected chi connectivity index (χ2v) is 6.77. The van der Waals surface area contributed by atoms with Crippen LogP contribution in [0, 0.1) is 0 Å². The zero-order valence-corrected chi connectivity index (χ0v) is 10.8. The predicted octanol–water partition coefficient (Wildman–Crippen LogP) is 3.46. The van der Waals surface area contributed by atoms with Crippen molar-refractivity contribution in [2.24, 2.45) is 0 Å². The Morgan fingerprint density at radius 2 is 2.07 bits per heavy atom. The van der Waals surface area contributed by atoms with E-state index in [2.05, 4.69) is 33.8 Å². The van der Waals surface area contributed by atoms with Crippen LogP contribution >= 0.6 is 11.3 Å². The monoisotopic (exact) mass is 224 g/mol. The maximum atomic E-state index is 9.84. The molecule has 1 aromatic rings. The molecule has 0 bridgehead atoms. The SMILES string of the molecule is CC1c2cc(C(C)(C)C)sc2CCC1O. The van der Waals surface area contributed by atoms with Crippen molar-refractivity contribution < 1.29 is 5.11 Å². The van der Waals surface area contributed by atoms with E-state index in [-0.39, 0.29) is 11.5 Å². The van der Waals surface area contributed by atoms with E-state index in [4.69, 9.17) is 0 Å². The van der Waals surface area contributed by atoms with Gasteiger partial charge < -0.3 is 5.11 Å². The van der Waals surface area contributed by atoms with Crippen molar-refractivity contribution in [3.8, 4) is 0 Å². The Morgan fingerprint density at radius 1 is 1.40 bits per heavy atom. The van der Waals surface area contributed by atoms with Gasteiger partial charge in [0.2, 0.25) is 0 Å². The molecule has 15 heavy (non-hydrogen) atoms. The van der Waals surface area contributed by atoms with Crippen molar-refractivity contribution in [1.82, 2.24) is 0 Å². The van der Waals surface area contributed by atoms with E-state index in [1.54, 1.807) is 0 Å². The first kappa shape index (κ1) is 11.2. The summed E-state index contributed by atoms with van der Waals surface area (Å²) in [6.45, 7) is 8.91. The number of aliphatic hydroxyl groups excluding tert-OH is 1. The van der Waals surface area contributed by atoms with Crippen molar-refractivity contribution >= 4 is 11.3 Å². The number of fused-ring (bicyclic) bond motifs is 1. The fourth-order valence-corrected chi connectivity index (χ4v) is 3.47. The molecule has 2 rings (SSSR count). The number of rotatable bonds is 0. The molecule has 1 aliphatic carbocycles. The van der Waals surface area contributed by atoms with Gasteiger partial charge in [0.1, 0.15) is 0 Å². The summed E-state index contributed by atoms with van der Waals surface area (Å²) >= 11 is 1.94. The van der Waals surface area contributed by atoms with Gasteiger partial charge in [0.05, 0.1) is 6.10 Å². The van der Waals surface area contributed by atoms with Crippen molar-refractivity contribution in [1.29, 1.82) is 0 Å². The lowest BCUT2D eigenvalue weighted by atomic mass is 9.85. The molecule has 1 aliphatic rings. The van der Waals surface area contributed by atoms with Crippen LogP contribution < -0.4 is 0 Å². The summed E-state index contributed by atoms with van der Waals surface area (Å²) in [5.74, 6) is 0.320. The first-order valence-electron chi connectivity index (χ1n) is 5.70. The third kappa shape index (κ3) is 1.98. The zero-order valence-electron chi connectivity index (χ0n) is 10.0. The molecule has 2 heteroatoms. The molecule has 1 heterocycles. The Balaban J connectivity index is 2.40. The minimum Gasteiger partial charge on any atom is -0.392 e. The van der Waals surface area contributed by atoms with Gasteiger partial charge in [0, 0.05) is 15.7 Å². The lowest BCUT2D eigenvalue weighted by molar-refractivity contribution is 0.133. The summed E-state index contributed by atoms with van der Waals surface area (Å²) in [5.41, 5.74) is 1.64. The Kier molecular flexibility index (Phi) is 2.68. The maximum Gasteiger partial charge on any atom is 0.0609 e. The fraction of sp³-hybridized carbons (Fsp3) is 0.692. The fourth-order valence-electron chi connectivity index (χ4n) is 2.13. The molecule has 0 saturated carbocycles. The highest BCUT2D eigenvalue weighted by Crippen LogP contribution is 2.40. The van der Waals surface area contributed by atoms with Crippen molar-refractivity contribution in [3.05, 3.63) is 21.4 Å². The van der Waals surface area contributed by atoms with Crippen LogP contribution in [0.3, 0.4) is 0 Å². The summed E-state index contributed by atoms with van der Waals surface area (Å²) in [4.78, 5) is 2.95. The minimum absolute atomic E-state index is 0.139. The van der Waals surface area contributed by atoms with E-state index >= 15 is 0 Å². The summed E-state index contributed by atoms with van der Waals surface area (Å²) in [5, 5.41) is 9.84. The summed E-state index contributed by atoms with van der Waals surface area (Å²) in [6.07, 6.45) is 1.85. The lowest BCUT2D eigenvalue weighted by Gasteiger charge is -2.24. The summed E-state index contributed by atoms with van der Waals surface area (Å²) in [7, 11) is 0. The van der Waals surface area contributed by atoms with E-state index in [0.717, 1.165) is 12.8 Å². The van der Waals surface area contributed by atoms with Gasteiger partial charge in [-0.25, -0.2) is 0 Å². The van der Waals surface area contributed by atoms with E-state index in [1.165, 1.54) is 15.3 Å². The number of aliphatic hydroxyl groups is 1. The molecule has 1 N–H and O–H groups in total. The molecule has 1 aromatic heterocycles. The lowest BCUT2D eigenvalue weighted by Crippen LogP contribution is -2.21. The number of thiophene rings is 1. The molecule has 0 spiro atoms. The molecule has 2 unspecified atom stereocenters. The molecule has 0 fully saturated rings. The van der Waals surface area contributed by atoms with Crippen LogP contribution in [0.5, 0.6) is 0 Å². The minimum atomic E-state index is -0.139. The van der Waals surface area contributed by atoms with E-state index in [9.17, 15) is 5.11 Å². The Hall–Kier alpha value is -0.340. The van der Waals surface area contributed by atoms with Crippen molar-refractivity contribution in [3.63, 3.8) is 0 Å². The molecule has 0 aromatic carbocycles. The van der Waals surface area contributed by atoms with E-state index < -0.39 is 0 Å². The van der Waals surface area contributed by atoms with Gasteiger partial charge in [-0.15, -0.1) is 11.3 Å². The summed E-state index contributed by atoms with van der Waals surface area (Å²) < 4.78 is 0. The third-order valence-corrected chi connectivity index (χ3v) is 4.95. The van der Waals surface area contributed by atoms with Crippen LogP contribution in [0.4, 0.5) is 0 Å². The van der Waals surface area contributed by atoms with Gasteiger partial charge in [-0.3, -0.25) is 0 Å². The van der Waals surface area contributed by atoms with Gasteiger partial charge in [-0.1, -0.05) is 27.7 Å². The van der Waals surface area contributed by atoms with Crippen LogP contribution in [0.2, 0.25) is 0 Å². The van der Waals surface area contributed by atoms with Gasteiger partial charge >= 0.3 is 0 Å². The molecule has 0 radical (unpaired) electrons. The smallest absolute Gasteiger partial charge is 0.0609 e. The van der Waals surface area contributed by atoms with Crippen LogP contribution in [-0.2, 0) is 11.8 Å². The topological polar surface area (TPSA) is 20.2 Å². The van der Waals surface area contributed by atoms with Crippen LogP contribution in [0.25, 0.3) is 0 Å². The Morgan fingerprint density at radius 3 is 2.67 bits per heavy atom. The Labute approximate surface area is 96.1 Å². The molecular formula is C13H20OS. The largest absolute Gasteiger partial charge is 0.392 e. The quantitative estimate of drug-likeness (QED) is 0.715. The van der Waals surface area contributed by atoms with E-state index in [1.807, 2.05) is 11.3 Å². The highest BCUT2D eigenvalue weighted by atomic mass is 32.1. The predicted molar refractivity (Wildman–Crippen MR) is 65.8 cm³/mol. The van der Waals surface area contributed by atoms with Gasteiger partial charge in [0.15, 0.2) is 0 Å². The molecule has 0 amide bonds. The normalized spacial score (nSPS) is 26.5. The van der Waals surface area contributed by atoms with Gasteiger partial charge in [0.25, 0.3) is 0 Å². The molecule has 84 valence electrons. The Bertz CT molecular complexity index is 359. The second kappa shape index (κ2) is 3.60. The highest BCUT2D eigenvalue weighted by Gasteiger charge is 2.28. The van der Waals surface area contributed by atoms with E-state index in [0.29, 0.717) is 5.92 Å². The molecule has 0 saturated heterocycles. The number of hydrogen-bond donors (Lipinski definition) is 1. The first-order chi connectivity index (χ1) is 6.89. The van der Waals surface area contributed by atoms with Gasteiger partial charge in [-0.2, -0.15) is 0 Å². The molecule has 2 atom stereocenters. The zero-order chi connectivity index (χ0) is 11.2. The highest BCUT2D eigenvalue weighted by molar-refractivity contribution is 7.12. The number of aryl methyl sites for hydroxylation is 1. The average Bonchev–Trinajstić information content (AvgIpc) is 2.55. The van der Waals surface area contributed by atoms with Crippen LogP contribution in [0.1, 0.15) is 55.4 Å².